The Bertz CT molecular complexity index is 770. The lowest BCUT2D eigenvalue weighted by Crippen LogP contribution is -2.23. The Labute approximate surface area is 124 Å². The zero-order chi connectivity index (χ0) is 17.4. The summed E-state index contributed by atoms with van der Waals surface area (Å²) >= 11 is 0. The third-order valence-corrected chi connectivity index (χ3v) is 2.63. The molecule has 0 saturated heterocycles. The van der Waals surface area contributed by atoms with E-state index >= 15 is 0 Å². The molecule has 1 aliphatic rings. The second kappa shape index (κ2) is 5.71. The van der Waals surface area contributed by atoms with Crippen molar-refractivity contribution in [1.29, 1.82) is 0 Å². The summed E-state index contributed by atoms with van der Waals surface area (Å²) in [6, 6.07) is 0.680. The molecule has 5 nitrogen and oxygen atoms in total. The molecule has 1 aromatic carbocycles. The fourth-order valence-electron chi connectivity index (χ4n) is 1.61. The molecule has 1 heterocycles. The maximum absolute atomic E-state index is 13.5. The number of aromatic hydroxyl groups is 1. The molecule has 0 unspecified atom stereocenters. The lowest BCUT2D eigenvalue weighted by molar-refractivity contribution is -0.111. The van der Waals surface area contributed by atoms with E-state index < -0.39 is 52.2 Å². The summed E-state index contributed by atoms with van der Waals surface area (Å²) in [7, 11) is 0. The number of nitrogens with zero attached hydrogens (tertiary/aromatic N) is 2. The van der Waals surface area contributed by atoms with Crippen molar-refractivity contribution < 1.29 is 36.6 Å². The molecule has 0 radical (unpaired) electrons. The Morgan fingerprint density at radius 1 is 1.22 bits per heavy atom. The summed E-state index contributed by atoms with van der Waals surface area (Å²) in [4.78, 5) is 29.0. The van der Waals surface area contributed by atoms with E-state index in [0.29, 0.717) is 6.07 Å². The van der Waals surface area contributed by atoms with E-state index in [-0.39, 0.29) is 18.4 Å². The van der Waals surface area contributed by atoms with Crippen molar-refractivity contribution in [1.82, 2.24) is 0 Å². The van der Waals surface area contributed by atoms with Gasteiger partial charge in [0.25, 0.3) is 11.8 Å². The van der Waals surface area contributed by atoms with Gasteiger partial charge in [-0.1, -0.05) is 0 Å². The molecule has 0 saturated carbocycles. The fourth-order valence-corrected chi connectivity index (χ4v) is 1.61. The van der Waals surface area contributed by atoms with Crippen LogP contribution in [0, 0.1) is 11.6 Å². The van der Waals surface area contributed by atoms with Crippen molar-refractivity contribution in [3.8, 4) is 5.75 Å². The average molecular weight is 332 g/mol. The first-order valence-corrected chi connectivity index (χ1v) is 5.78. The van der Waals surface area contributed by atoms with Crippen molar-refractivity contribution in [2.24, 2.45) is 9.98 Å². The smallest absolute Gasteiger partial charge is 0.417 e. The van der Waals surface area contributed by atoms with Crippen LogP contribution >= 0.6 is 0 Å². The Balaban J connectivity index is 2.45. The van der Waals surface area contributed by atoms with Crippen molar-refractivity contribution in [2.75, 3.05) is 0 Å². The van der Waals surface area contributed by atoms with Crippen LogP contribution in [-0.4, -0.2) is 35.0 Å². The number of hydrogen-bond acceptors (Lipinski definition) is 3. The third kappa shape index (κ3) is 3.47. The predicted molar refractivity (Wildman–Crippen MR) is 67.4 cm³/mol. The number of alkyl halides is 3. The highest BCUT2D eigenvalue weighted by Crippen LogP contribution is 2.26. The van der Waals surface area contributed by atoms with Crippen LogP contribution in [0.5, 0.6) is 5.75 Å². The number of dihydropyridines is 1. The molecule has 120 valence electrons. The van der Waals surface area contributed by atoms with E-state index in [1.54, 1.807) is 0 Å². The van der Waals surface area contributed by atoms with E-state index in [2.05, 4.69) is 9.98 Å². The molecular formula is C13H5F5N2O3. The highest BCUT2D eigenvalue weighted by molar-refractivity contribution is 6.48. The van der Waals surface area contributed by atoms with Gasteiger partial charge in [-0.15, -0.1) is 0 Å². The van der Waals surface area contributed by atoms with Crippen LogP contribution in [0.15, 0.2) is 33.8 Å². The van der Waals surface area contributed by atoms with Crippen molar-refractivity contribution >= 4 is 23.7 Å². The molecule has 1 aliphatic heterocycles. The van der Waals surface area contributed by atoms with Gasteiger partial charge in [0.05, 0.1) is 5.57 Å². The number of phenolic OH excluding ortho intramolecular Hbond substituents is 1. The number of allylic oxidation sites excluding steroid dienone is 1. The van der Waals surface area contributed by atoms with Gasteiger partial charge < -0.3 is 5.11 Å². The third-order valence-electron chi connectivity index (χ3n) is 2.63. The number of hydrogen-bond donors (Lipinski definition) is 1. The summed E-state index contributed by atoms with van der Waals surface area (Å²) in [6.07, 6.45) is -4.33. The van der Waals surface area contributed by atoms with E-state index in [0.717, 1.165) is 0 Å². The zero-order valence-corrected chi connectivity index (χ0v) is 10.9. The highest BCUT2D eigenvalue weighted by Gasteiger charge is 2.35. The van der Waals surface area contributed by atoms with Crippen molar-refractivity contribution in [2.45, 2.75) is 6.18 Å². The predicted octanol–water partition coefficient (Wildman–Crippen LogP) is 2.35. The second-order valence-corrected chi connectivity index (χ2v) is 4.24. The minimum atomic E-state index is -4.84. The first-order valence-electron chi connectivity index (χ1n) is 5.78. The molecule has 1 N–H and O–H groups in total. The molecule has 0 spiro atoms. The molecule has 1 aromatic rings. The Morgan fingerprint density at radius 2 is 1.87 bits per heavy atom. The van der Waals surface area contributed by atoms with Gasteiger partial charge in [-0.3, -0.25) is 9.59 Å². The number of phenols is 1. The number of carbonyl (C=O) groups excluding carboxylic acids is 2. The van der Waals surface area contributed by atoms with E-state index in [1.165, 1.54) is 0 Å². The fraction of sp³-hybridized carbons (Fsp3) is 0.0769. The normalized spacial score (nSPS) is 16.7. The van der Waals surface area contributed by atoms with Gasteiger partial charge in [0.15, 0.2) is 0 Å². The number of aliphatic imine (C=N–C) groups is 2. The minimum Gasteiger partial charge on any atom is -0.507 e. The van der Waals surface area contributed by atoms with Gasteiger partial charge >= 0.3 is 6.18 Å². The van der Waals surface area contributed by atoms with Crippen LogP contribution in [0.3, 0.4) is 0 Å². The maximum atomic E-state index is 13.5. The molecule has 0 fully saturated rings. The molecule has 2 amide bonds. The van der Waals surface area contributed by atoms with Crippen LogP contribution in [0.1, 0.15) is 10.4 Å². The van der Waals surface area contributed by atoms with Gasteiger partial charge in [-0.05, 0) is 6.08 Å². The Hall–Kier alpha value is -2.91. The van der Waals surface area contributed by atoms with E-state index in [9.17, 15) is 36.6 Å². The second-order valence-electron chi connectivity index (χ2n) is 4.24. The summed E-state index contributed by atoms with van der Waals surface area (Å²) < 4.78 is 63.9. The first kappa shape index (κ1) is 16.5. The molecule has 0 aliphatic carbocycles. The summed E-state index contributed by atoms with van der Waals surface area (Å²) in [5.41, 5.74) is -3.41. The molecule has 0 bridgehead atoms. The van der Waals surface area contributed by atoms with Gasteiger partial charge in [0.1, 0.15) is 28.7 Å². The van der Waals surface area contributed by atoms with Gasteiger partial charge in [-0.25, -0.2) is 18.8 Å². The largest absolute Gasteiger partial charge is 0.507 e. The highest BCUT2D eigenvalue weighted by atomic mass is 19.4. The number of carbonyl (C=O) groups is 2. The molecular weight excluding hydrogens is 327 g/mol. The number of halogens is 5. The maximum Gasteiger partial charge on any atom is 0.417 e. The van der Waals surface area contributed by atoms with E-state index in [1.807, 2.05) is 0 Å². The standard InChI is InChI=1S/C13H5F5N2O3/c14-6-2-7(15)10(9(21)3-6)12(23)20-8-1-5(13(16,17)18)4-19-11(8)22/h1-4,21H. The lowest BCUT2D eigenvalue weighted by atomic mass is 10.1. The summed E-state index contributed by atoms with van der Waals surface area (Å²) in [5, 5.41) is 9.34. The quantitative estimate of drug-likeness (QED) is 0.802. The molecule has 0 aromatic heterocycles. The number of rotatable bonds is 1. The molecule has 10 heteroatoms. The lowest BCUT2D eigenvalue weighted by Gasteiger charge is -2.10. The van der Waals surface area contributed by atoms with Gasteiger partial charge in [0.2, 0.25) is 0 Å². The monoisotopic (exact) mass is 332 g/mol. The Kier molecular flexibility index (Phi) is 4.08. The van der Waals surface area contributed by atoms with Crippen molar-refractivity contribution in [3.05, 3.63) is 41.0 Å². The molecule has 23 heavy (non-hydrogen) atoms. The Morgan fingerprint density at radius 3 is 2.43 bits per heavy atom. The number of benzene rings is 1. The van der Waals surface area contributed by atoms with Crippen LogP contribution in [0.4, 0.5) is 22.0 Å². The van der Waals surface area contributed by atoms with Crippen LogP contribution < -0.4 is 0 Å². The zero-order valence-electron chi connectivity index (χ0n) is 10.9. The minimum absolute atomic E-state index is 0.252. The average Bonchev–Trinajstić information content (AvgIpc) is 2.38. The van der Waals surface area contributed by atoms with Crippen LogP contribution in [0.2, 0.25) is 0 Å². The van der Waals surface area contributed by atoms with Crippen LogP contribution in [0.25, 0.3) is 0 Å². The molecule has 0 atom stereocenters. The summed E-state index contributed by atoms with van der Waals surface area (Å²) in [5.74, 6) is -6.58. The summed E-state index contributed by atoms with van der Waals surface area (Å²) in [6.45, 7) is 0. The first-order chi connectivity index (χ1) is 10.6. The van der Waals surface area contributed by atoms with Gasteiger partial charge in [0, 0.05) is 18.3 Å². The van der Waals surface area contributed by atoms with Gasteiger partial charge in [-0.2, -0.15) is 13.2 Å². The molecule has 2 rings (SSSR count). The van der Waals surface area contributed by atoms with E-state index in [4.69, 9.17) is 0 Å². The SMILES string of the molecule is O=C1N=CC(C(F)(F)F)=CC1=NC(=O)c1c(O)cc(F)cc1F. The number of amides is 2. The van der Waals surface area contributed by atoms with Crippen LogP contribution in [-0.2, 0) is 4.79 Å². The topological polar surface area (TPSA) is 79.1 Å². The van der Waals surface area contributed by atoms with Crippen molar-refractivity contribution in [3.63, 3.8) is 0 Å².